The molecule has 3 nitrogen and oxygen atoms in total. The van der Waals surface area contributed by atoms with E-state index in [0.717, 1.165) is 11.4 Å². The van der Waals surface area contributed by atoms with Crippen molar-refractivity contribution in [2.75, 3.05) is 0 Å². The lowest BCUT2D eigenvalue weighted by atomic mass is 10.0. The molecule has 0 bridgehead atoms. The molecule has 0 radical (unpaired) electrons. The highest BCUT2D eigenvalue weighted by atomic mass is 35.5. The fraction of sp³-hybridized carbons (Fsp3) is 0.308. The Morgan fingerprint density at radius 2 is 2.22 bits per heavy atom. The fourth-order valence-electron chi connectivity index (χ4n) is 1.94. The standard InChI is InChI=1S/C13H14ClFN2O/c1-8-6-9(17(2)16-8)7-12(18)10-4-3-5-11(15)13(10)14/h3-6,12,18H,7H2,1-2H3. The van der Waals surface area contributed by atoms with Crippen LogP contribution < -0.4 is 0 Å². The van der Waals surface area contributed by atoms with Gasteiger partial charge in [-0.3, -0.25) is 4.68 Å². The zero-order valence-corrected chi connectivity index (χ0v) is 10.9. The second kappa shape index (κ2) is 5.08. The number of nitrogens with zero attached hydrogens (tertiary/aromatic N) is 2. The second-order valence-corrected chi connectivity index (χ2v) is 4.64. The minimum atomic E-state index is -0.844. The molecule has 1 aromatic carbocycles. The first-order valence-electron chi connectivity index (χ1n) is 5.60. The van der Waals surface area contributed by atoms with Gasteiger partial charge in [0.1, 0.15) is 5.82 Å². The van der Waals surface area contributed by atoms with Crippen LogP contribution in [0.3, 0.4) is 0 Å². The van der Waals surface area contributed by atoms with Crippen LogP contribution in [0.2, 0.25) is 5.02 Å². The van der Waals surface area contributed by atoms with Gasteiger partial charge in [-0.1, -0.05) is 23.7 Å². The summed E-state index contributed by atoms with van der Waals surface area (Å²) < 4.78 is 15.0. The van der Waals surface area contributed by atoms with Gasteiger partial charge in [0.2, 0.25) is 0 Å². The van der Waals surface area contributed by atoms with Crippen molar-refractivity contribution in [2.45, 2.75) is 19.4 Å². The summed E-state index contributed by atoms with van der Waals surface area (Å²) in [6, 6.07) is 6.32. The summed E-state index contributed by atoms with van der Waals surface area (Å²) in [4.78, 5) is 0. The summed E-state index contributed by atoms with van der Waals surface area (Å²) in [6.45, 7) is 1.88. The van der Waals surface area contributed by atoms with E-state index in [9.17, 15) is 9.50 Å². The number of halogens is 2. The third-order valence-corrected chi connectivity index (χ3v) is 3.24. The summed E-state index contributed by atoms with van der Waals surface area (Å²) in [6.07, 6.45) is -0.497. The lowest BCUT2D eigenvalue weighted by molar-refractivity contribution is 0.175. The quantitative estimate of drug-likeness (QED) is 0.930. The molecule has 5 heteroatoms. The molecule has 2 aromatic rings. The molecular weight excluding hydrogens is 255 g/mol. The number of aliphatic hydroxyl groups is 1. The van der Waals surface area contributed by atoms with Crippen LogP contribution in [0.5, 0.6) is 0 Å². The normalized spacial score (nSPS) is 12.7. The molecule has 1 heterocycles. The van der Waals surface area contributed by atoms with Gasteiger partial charge in [-0.15, -0.1) is 0 Å². The maximum atomic E-state index is 13.3. The molecule has 0 aliphatic heterocycles. The summed E-state index contributed by atoms with van der Waals surface area (Å²) in [5.74, 6) is -0.519. The van der Waals surface area contributed by atoms with Gasteiger partial charge in [0.25, 0.3) is 0 Å². The van der Waals surface area contributed by atoms with Crippen molar-refractivity contribution in [1.82, 2.24) is 9.78 Å². The Morgan fingerprint density at radius 3 is 2.83 bits per heavy atom. The Labute approximate surface area is 110 Å². The summed E-state index contributed by atoms with van der Waals surface area (Å²) in [5, 5.41) is 14.3. The van der Waals surface area contributed by atoms with Crippen LogP contribution in [0, 0.1) is 12.7 Å². The van der Waals surface area contributed by atoms with Crippen molar-refractivity contribution in [1.29, 1.82) is 0 Å². The van der Waals surface area contributed by atoms with E-state index in [2.05, 4.69) is 5.10 Å². The molecule has 0 aliphatic rings. The number of aryl methyl sites for hydroxylation is 2. The molecule has 1 unspecified atom stereocenters. The largest absolute Gasteiger partial charge is 0.388 e. The van der Waals surface area contributed by atoms with Gasteiger partial charge < -0.3 is 5.11 Å². The number of aliphatic hydroxyl groups excluding tert-OH is 1. The van der Waals surface area contributed by atoms with E-state index in [-0.39, 0.29) is 5.02 Å². The molecule has 1 atom stereocenters. The predicted octanol–water partition coefficient (Wildman–Crippen LogP) is 2.80. The van der Waals surface area contributed by atoms with Gasteiger partial charge in [-0.25, -0.2) is 4.39 Å². The highest BCUT2D eigenvalue weighted by Crippen LogP contribution is 2.27. The SMILES string of the molecule is Cc1cc(CC(O)c2cccc(F)c2Cl)n(C)n1. The van der Waals surface area contributed by atoms with Crippen molar-refractivity contribution in [2.24, 2.45) is 7.05 Å². The molecule has 0 aliphatic carbocycles. The number of aromatic nitrogens is 2. The van der Waals surface area contributed by atoms with Gasteiger partial charge in [-0.2, -0.15) is 5.10 Å². The molecule has 0 saturated heterocycles. The maximum absolute atomic E-state index is 13.3. The van der Waals surface area contributed by atoms with Crippen molar-refractivity contribution < 1.29 is 9.50 Å². The fourth-order valence-corrected chi connectivity index (χ4v) is 2.19. The molecule has 1 N–H and O–H groups in total. The predicted molar refractivity (Wildman–Crippen MR) is 68.0 cm³/mol. The molecule has 0 saturated carbocycles. The van der Waals surface area contributed by atoms with E-state index in [4.69, 9.17) is 11.6 Å². The summed E-state index contributed by atoms with van der Waals surface area (Å²) >= 11 is 5.84. The van der Waals surface area contributed by atoms with Crippen LogP contribution in [0.15, 0.2) is 24.3 Å². The third kappa shape index (κ3) is 2.54. The maximum Gasteiger partial charge on any atom is 0.142 e. The van der Waals surface area contributed by atoms with Crippen molar-refractivity contribution in [3.63, 3.8) is 0 Å². The van der Waals surface area contributed by atoms with Crippen LogP contribution >= 0.6 is 11.6 Å². The number of hydrogen-bond acceptors (Lipinski definition) is 2. The van der Waals surface area contributed by atoms with Crippen molar-refractivity contribution >= 4 is 11.6 Å². The highest BCUT2D eigenvalue weighted by molar-refractivity contribution is 6.31. The minimum absolute atomic E-state index is 0.0242. The number of benzene rings is 1. The Morgan fingerprint density at radius 1 is 1.50 bits per heavy atom. The summed E-state index contributed by atoms with van der Waals surface area (Å²) in [7, 11) is 1.81. The molecule has 0 fully saturated rings. The molecule has 2 rings (SSSR count). The van der Waals surface area contributed by atoms with Gasteiger partial charge in [0.15, 0.2) is 0 Å². The Hall–Kier alpha value is -1.39. The first-order chi connectivity index (χ1) is 8.49. The Kier molecular flexibility index (Phi) is 3.68. The molecule has 0 spiro atoms. The smallest absolute Gasteiger partial charge is 0.142 e. The van der Waals surface area contributed by atoms with Crippen molar-refractivity contribution in [3.05, 3.63) is 52.1 Å². The van der Waals surface area contributed by atoms with Gasteiger partial charge in [0, 0.05) is 24.7 Å². The minimum Gasteiger partial charge on any atom is -0.388 e. The zero-order chi connectivity index (χ0) is 13.3. The summed E-state index contributed by atoms with van der Waals surface area (Å²) in [5.41, 5.74) is 2.15. The number of rotatable bonds is 3. The van der Waals surface area contributed by atoms with E-state index in [1.165, 1.54) is 12.1 Å². The molecular formula is C13H14ClFN2O. The van der Waals surface area contributed by atoms with E-state index < -0.39 is 11.9 Å². The Balaban J connectivity index is 2.24. The third-order valence-electron chi connectivity index (χ3n) is 2.84. The molecule has 0 amide bonds. The van der Waals surface area contributed by atoms with Gasteiger partial charge in [0.05, 0.1) is 16.8 Å². The lowest BCUT2D eigenvalue weighted by Gasteiger charge is -2.13. The molecule has 18 heavy (non-hydrogen) atoms. The van der Waals surface area contributed by atoms with E-state index in [0.29, 0.717) is 12.0 Å². The van der Waals surface area contributed by atoms with E-state index in [1.54, 1.807) is 10.7 Å². The van der Waals surface area contributed by atoms with E-state index >= 15 is 0 Å². The van der Waals surface area contributed by atoms with Crippen LogP contribution in [-0.2, 0) is 13.5 Å². The average Bonchev–Trinajstić information content (AvgIpc) is 2.61. The Bertz CT molecular complexity index is 568. The van der Waals surface area contributed by atoms with Gasteiger partial charge in [-0.05, 0) is 19.1 Å². The van der Waals surface area contributed by atoms with Crippen LogP contribution in [0.25, 0.3) is 0 Å². The first kappa shape index (κ1) is 13.1. The number of hydrogen-bond donors (Lipinski definition) is 1. The highest BCUT2D eigenvalue weighted by Gasteiger charge is 2.16. The second-order valence-electron chi connectivity index (χ2n) is 4.26. The van der Waals surface area contributed by atoms with Crippen LogP contribution in [0.1, 0.15) is 23.1 Å². The molecule has 96 valence electrons. The monoisotopic (exact) mass is 268 g/mol. The lowest BCUT2D eigenvalue weighted by Crippen LogP contribution is -2.07. The van der Waals surface area contributed by atoms with Gasteiger partial charge >= 0.3 is 0 Å². The topological polar surface area (TPSA) is 38.0 Å². The van der Waals surface area contributed by atoms with E-state index in [1.807, 2.05) is 20.0 Å². The first-order valence-corrected chi connectivity index (χ1v) is 5.98. The van der Waals surface area contributed by atoms with Crippen molar-refractivity contribution in [3.8, 4) is 0 Å². The molecule has 1 aromatic heterocycles. The van der Waals surface area contributed by atoms with Crippen LogP contribution in [0.4, 0.5) is 4.39 Å². The zero-order valence-electron chi connectivity index (χ0n) is 10.2. The van der Waals surface area contributed by atoms with Crippen LogP contribution in [-0.4, -0.2) is 14.9 Å². The average molecular weight is 269 g/mol.